The molecule has 102 valence electrons. The van der Waals surface area contributed by atoms with Crippen molar-refractivity contribution in [1.82, 2.24) is 0 Å². The molecular weight excluding hydrogens is 274 g/mol. The van der Waals surface area contributed by atoms with Crippen LogP contribution in [-0.4, -0.2) is 23.7 Å². The highest BCUT2D eigenvalue weighted by Gasteiger charge is 2.28. The molecule has 0 bridgehead atoms. The van der Waals surface area contributed by atoms with Crippen molar-refractivity contribution in [3.8, 4) is 0 Å². The predicted octanol–water partition coefficient (Wildman–Crippen LogP) is 3.22. The van der Waals surface area contributed by atoms with E-state index in [9.17, 15) is 5.11 Å². The molecule has 2 aromatic carbocycles. The van der Waals surface area contributed by atoms with Crippen LogP contribution in [-0.2, 0) is 4.74 Å². The molecule has 3 nitrogen and oxygen atoms in total. The summed E-state index contributed by atoms with van der Waals surface area (Å²) < 4.78 is 5.87. The Morgan fingerprint density at radius 1 is 1.05 bits per heavy atom. The average molecular weight is 288 g/mol. The van der Waals surface area contributed by atoms with Gasteiger partial charge in [0.2, 0.25) is 5.90 Å². The van der Waals surface area contributed by atoms with Gasteiger partial charge in [0.25, 0.3) is 0 Å². The molecule has 1 aliphatic heterocycles. The zero-order valence-electron chi connectivity index (χ0n) is 10.7. The number of ether oxygens (including phenoxy) is 1. The SMILES string of the molecule is OC1CN=C(c2ccc(Cl)cc2)OC1c1ccccc1. The summed E-state index contributed by atoms with van der Waals surface area (Å²) in [5, 5.41) is 10.7. The second-order valence-electron chi connectivity index (χ2n) is 4.67. The Balaban J connectivity index is 1.87. The minimum absolute atomic E-state index is 0.331. The lowest BCUT2D eigenvalue weighted by Gasteiger charge is -2.28. The monoisotopic (exact) mass is 287 g/mol. The van der Waals surface area contributed by atoms with Crippen molar-refractivity contribution < 1.29 is 9.84 Å². The number of nitrogens with zero attached hydrogens (tertiary/aromatic N) is 1. The lowest BCUT2D eigenvalue weighted by molar-refractivity contribution is 0.0217. The molecule has 2 aromatic rings. The van der Waals surface area contributed by atoms with Crippen LogP contribution in [0.1, 0.15) is 17.2 Å². The van der Waals surface area contributed by atoms with Gasteiger partial charge in [0.05, 0.1) is 6.54 Å². The smallest absolute Gasteiger partial charge is 0.216 e. The van der Waals surface area contributed by atoms with E-state index in [1.807, 2.05) is 42.5 Å². The standard InChI is InChI=1S/C16H14ClNO2/c17-13-8-6-12(7-9-13)16-18-10-14(19)15(20-16)11-4-2-1-3-5-11/h1-9,14-15,19H,10H2. The van der Waals surface area contributed by atoms with E-state index in [1.165, 1.54) is 0 Å². The van der Waals surface area contributed by atoms with E-state index < -0.39 is 6.10 Å². The van der Waals surface area contributed by atoms with E-state index in [1.54, 1.807) is 12.1 Å². The molecule has 1 aliphatic rings. The summed E-state index contributed by atoms with van der Waals surface area (Å²) in [5.41, 5.74) is 1.81. The second kappa shape index (κ2) is 5.65. The molecule has 0 saturated heterocycles. The van der Waals surface area contributed by atoms with Crippen LogP contribution in [0.5, 0.6) is 0 Å². The summed E-state index contributed by atoms with van der Waals surface area (Å²) >= 11 is 5.88. The molecule has 2 atom stereocenters. The fourth-order valence-electron chi connectivity index (χ4n) is 2.19. The van der Waals surface area contributed by atoms with E-state index in [-0.39, 0.29) is 6.10 Å². The lowest BCUT2D eigenvalue weighted by atomic mass is 10.0. The first kappa shape index (κ1) is 13.2. The van der Waals surface area contributed by atoms with E-state index >= 15 is 0 Å². The normalized spacial score (nSPS) is 22.0. The third-order valence-corrected chi connectivity index (χ3v) is 3.48. The maximum absolute atomic E-state index is 10.1. The van der Waals surface area contributed by atoms with Crippen molar-refractivity contribution in [3.05, 3.63) is 70.7 Å². The van der Waals surface area contributed by atoms with Crippen LogP contribution in [0.3, 0.4) is 0 Å². The van der Waals surface area contributed by atoms with Crippen LogP contribution < -0.4 is 0 Å². The van der Waals surface area contributed by atoms with E-state index in [2.05, 4.69) is 4.99 Å². The van der Waals surface area contributed by atoms with Crippen molar-refractivity contribution in [2.24, 2.45) is 4.99 Å². The number of aliphatic imine (C=N–C) groups is 1. The Morgan fingerprint density at radius 3 is 2.45 bits per heavy atom. The largest absolute Gasteiger partial charge is 0.466 e. The molecule has 0 spiro atoms. The van der Waals surface area contributed by atoms with Gasteiger partial charge >= 0.3 is 0 Å². The first-order valence-corrected chi connectivity index (χ1v) is 6.82. The van der Waals surface area contributed by atoms with Crippen molar-refractivity contribution in [2.75, 3.05) is 6.54 Å². The second-order valence-corrected chi connectivity index (χ2v) is 5.11. The summed E-state index contributed by atoms with van der Waals surface area (Å²) in [5.74, 6) is 0.542. The fraction of sp³-hybridized carbons (Fsp3) is 0.188. The minimum atomic E-state index is -0.631. The lowest BCUT2D eigenvalue weighted by Crippen LogP contribution is -2.31. The van der Waals surface area contributed by atoms with Gasteiger partial charge in [0.15, 0.2) is 6.10 Å². The highest BCUT2D eigenvalue weighted by molar-refractivity contribution is 6.30. The average Bonchev–Trinajstić information content (AvgIpc) is 2.50. The van der Waals surface area contributed by atoms with Gasteiger partial charge < -0.3 is 9.84 Å². The first-order valence-electron chi connectivity index (χ1n) is 6.44. The number of aliphatic hydroxyl groups is 1. The maximum atomic E-state index is 10.1. The highest BCUT2D eigenvalue weighted by Crippen LogP contribution is 2.27. The van der Waals surface area contributed by atoms with Gasteiger partial charge in [-0.3, -0.25) is 0 Å². The van der Waals surface area contributed by atoms with Gasteiger partial charge in [-0.05, 0) is 29.8 Å². The Labute approximate surface area is 122 Å². The molecule has 0 aliphatic carbocycles. The zero-order chi connectivity index (χ0) is 13.9. The van der Waals surface area contributed by atoms with Crippen LogP contribution in [0.25, 0.3) is 0 Å². The summed E-state index contributed by atoms with van der Waals surface area (Å²) in [4.78, 5) is 4.29. The number of aliphatic hydroxyl groups excluding tert-OH is 1. The first-order chi connectivity index (χ1) is 9.74. The molecule has 3 rings (SSSR count). The summed E-state index contributed by atoms with van der Waals surface area (Å²) in [6.45, 7) is 0.331. The number of halogens is 1. The molecule has 0 saturated carbocycles. The fourth-order valence-corrected chi connectivity index (χ4v) is 2.32. The van der Waals surface area contributed by atoms with Gasteiger partial charge in [-0.15, -0.1) is 0 Å². The van der Waals surface area contributed by atoms with Crippen molar-refractivity contribution >= 4 is 17.5 Å². The van der Waals surface area contributed by atoms with Gasteiger partial charge in [-0.1, -0.05) is 41.9 Å². The third-order valence-electron chi connectivity index (χ3n) is 3.23. The summed E-state index contributed by atoms with van der Waals surface area (Å²) in [6, 6.07) is 17.0. The van der Waals surface area contributed by atoms with E-state index in [0.29, 0.717) is 17.5 Å². The molecule has 2 unspecified atom stereocenters. The molecule has 0 radical (unpaired) electrons. The third kappa shape index (κ3) is 2.69. The van der Waals surface area contributed by atoms with Crippen LogP contribution >= 0.6 is 11.6 Å². The van der Waals surface area contributed by atoms with Crippen molar-refractivity contribution in [2.45, 2.75) is 12.2 Å². The topological polar surface area (TPSA) is 41.8 Å². The van der Waals surface area contributed by atoms with Crippen molar-refractivity contribution in [3.63, 3.8) is 0 Å². The van der Waals surface area contributed by atoms with Gasteiger partial charge in [-0.25, -0.2) is 4.99 Å². The van der Waals surface area contributed by atoms with Gasteiger partial charge in [0, 0.05) is 10.6 Å². The quantitative estimate of drug-likeness (QED) is 0.921. The molecule has 0 aromatic heterocycles. The van der Waals surface area contributed by atoms with Crippen LogP contribution in [0.15, 0.2) is 59.6 Å². The zero-order valence-corrected chi connectivity index (χ0v) is 11.5. The van der Waals surface area contributed by atoms with E-state index in [0.717, 1.165) is 11.1 Å². The van der Waals surface area contributed by atoms with Gasteiger partial charge in [-0.2, -0.15) is 0 Å². The van der Waals surface area contributed by atoms with Crippen LogP contribution in [0, 0.1) is 0 Å². The highest BCUT2D eigenvalue weighted by atomic mass is 35.5. The Bertz CT molecular complexity index is 610. The van der Waals surface area contributed by atoms with Crippen LogP contribution in [0.4, 0.5) is 0 Å². The number of benzene rings is 2. The number of rotatable bonds is 2. The van der Waals surface area contributed by atoms with E-state index in [4.69, 9.17) is 16.3 Å². The summed E-state index contributed by atoms with van der Waals surface area (Å²) in [6.07, 6.45) is -1.02. The predicted molar refractivity (Wildman–Crippen MR) is 79.1 cm³/mol. The molecule has 0 fully saturated rings. The molecule has 4 heteroatoms. The Morgan fingerprint density at radius 2 is 1.75 bits per heavy atom. The Kier molecular flexibility index (Phi) is 3.72. The van der Waals surface area contributed by atoms with Crippen molar-refractivity contribution in [1.29, 1.82) is 0 Å². The minimum Gasteiger partial charge on any atom is -0.466 e. The molecular formula is C16H14ClNO2. The number of hydrogen-bond acceptors (Lipinski definition) is 3. The number of hydrogen-bond donors (Lipinski definition) is 1. The Hall–Kier alpha value is -1.84. The summed E-state index contributed by atoms with van der Waals surface area (Å²) in [7, 11) is 0. The maximum Gasteiger partial charge on any atom is 0.216 e. The molecule has 1 heterocycles. The van der Waals surface area contributed by atoms with Gasteiger partial charge in [0.1, 0.15) is 6.10 Å². The molecule has 1 N–H and O–H groups in total. The van der Waals surface area contributed by atoms with Crippen LogP contribution in [0.2, 0.25) is 5.02 Å². The molecule has 20 heavy (non-hydrogen) atoms. The molecule has 0 amide bonds.